The van der Waals surface area contributed by atoms with Gasteiger partial charge in [-0.3, -0.25) is 0 Å². The molecule has 0 aromatic carbocycles. The molecule has 0 saturated carbocycles. The first-order valence-corrected chi connectivity index (χ1v) is 12.1. The van der Waals surface area contributed by atoms with Gasteiger partial charge in [-0.25, -0.2) is 0 Å². The summed E-state index contributed by atoms with van der Waals surface area (Å²) in [7, 11) is -1.11. The van der Waals surface area contributed by atoms with Gasteiger partial charge in [-0.2, -0.15) is 0 Å². The summed E-state index contributed by atoms with van der Waals surface area (Å²) in [6.07, 6.45) is 7.81. The van der Waals surface area contributed by atoms with Crippen molar-refractivity contribution in [3.8, 4) is 0 Å². The predicted octanol–water partition coefficient (Wildman–Crippen LogP) is 3.75. The van der Waals surface area contributed by atoms with E-state index < -0.39 is 19.5 Å². The Morgan fingerprint density at radius 2 is 1.20 bits per heavy atom. The molecule has 0 N–H and O–H groups in total. The molecular formula is C12H24Cl4O2Si2. The van der Waals surface area contributed by atoms with Crippen LogP contribution < -0.4 is 0 Å². The lowest BCUT2D eigenvalue weighted by atomic mass is 10.4. The Morgan fingerprint density at radius 3 is 1.55 bits per heavy atom. The standard InChI is InChI=1S/C12H24Cl4O2Si2/c13-7-3-5-11(15)17-19-9-1-2-10-20-18-12(16)6-4-8-14/h1-2,11-12H,3-10,19-20H2. The van der Waals surface area contributed by atoms with Crippen LogP contribution in [0.2, 0.25) is 12.1 Å². The van der Waals surface area contributed by atoms with E-state index in [0.29, 0.717) is 11.8 Å². The van der Waals surface area contributed by atoms with Gasteiger partial charge in [0.2, 0.25) is 0 Å². The van der Waals surface area contributed by atoms with Crippen molar-refractivity contribution < 1.29 is 8.85 Å². The summed E-state index contributed by atoms with van der Waals surface area (Å²) < 4.78 is 11.1. The van der Waals surface area contributed by atoms with E-state index in [0.717, 1.165) is 37.8 Å². The fourth-order valence-corrected chi connectivity index (χ4v) is 4.42. The second-order valence-corrected chi connectivity index (χ2v) is 8.64. The molecule has 2 nitrogen and oxygen atoms in total. The molecule has 0 radical (unpaired) electrons. The third kappa shape index (κ3) is 15.6. The van der Waals surface area contributed by atoms with Crippen molar-refractivity contribution in [1.29, 1.82) is 0 Å². The van der Waals surface area contributed by atoms with Crippen LogP contribution in [0.1, 0.15) is 25.7 Å². The second-order valence-electron chi connectivity index (χ2n) is 4.27. The van der Waals surface area contributed by atoms with Crippen molar-refractivity contribution in [3.63, 3.8) is 0 Å². The summed E-state index contributed by atoms with van der Waals surface area (Å²) >= 11 is 23.2. The highest BCUT2D eigenvalue weighted by Gasteiger charge is 2.03. The molecular weight excluding hydrogens is 374 g/mol. The zero-order valence-electron chi connectivity index (χ0n) is 11.7. The second kappa shape index (κ2) is 16.6. The first-order valence-electron chi connectivity index (χ1n) is 6.99. The SMILES string of the molecule is ClCCCC(Cl)O[SiH2]CC=CC[SiH2]OC(Cl)CCCCl. The Bertz CT molecular complexity index is 214. The van der Waals surface area contributed by atoms with Crippen LogP contribution in [0.5, 0.6) is 0 Å². The summed E-state index contributed by atoms with van der Waals surface area (Å²) in [6.45, 7) is 0. The van der Waals surface area contributed by atoms with E-state index in [-0.39, 0.29) is 11.1 Å². The quantitative estimate of drug-likeness (QED) is 0.192. The molecule has 0 aliphatic carbocycles. The number of alkyl halides is 4. The molecule has 20 heavy (non-hydrogen) atoms. The van der Waals surface area contributed by atoms with Crippen LogP contribution in [0, 0.1) is 0 Å². The maximum atomic E-state index is 5.99. The van der Waals surface area contributed by atoms with E-state index in [1.165, 1.54) is 0 Å². The Hall–Kier alpha value is 1.25. The topological polar surface area (TPSA) is 18.5 Å². The summed E-state index contributed by atoms with van der Waals surface area (Å²) in [6, 6.07) is 2.02. The summed E-state index contributed by atoms with van der Waals surface area (Å²) in [4.78, 5) is 0. The fourth-order valence-electron chi connectivity index (χ4n) is 1.41. The van der Waals surface area contributed by atoms with Gasteiger partial charge in [0.1, 0.15) is 11.1 Å². The third-order valence-corrected chi connectivity index (χ3v) is 6.52. The maximum Gasteiger partial charge on any atom is 0.167 e. The maximum absolute atomic E-state index is 5.99. The van der Waals surface area contributed by atoms with Gasteiger partial charge in [0.15, 0.2) is 19.5 Å². The molecule has 2 unspecified atom stereocenters. The molecule has 0 aromatic rings. The molecule has 0 aromatic heterocycles. The number of hydrogen-bond acceptors (Lipinski definition) is 2. The van der Waals surface area contributed by atoms with Crippen LogP contribution >= 0.6 is 46.4 Å². The van der Waals surface area contributed by atoms with Crippen molar-refractivity contribution in [3.05, 3.63) is 12.2 Å². The monoisotopic (exact) mass is 396 g/mol. The molecule has 0 aliphatic rings. The molecule has 0 aliphatic heterocycles. The van der Waals surface area contributed by atoms with E-state index in [1.54, 1.807) is 0 Å². The van der Waals surface area contributed by atoms with Crippen LogP contribution in [-0.4, -0.2) is 42.4 Å². The Kier molecular flexibility index (Phi) is 17.7. The number of hydrogen-bond donors (Lipinski definition) is 0. The molecule has 2 atom stereocenters. The molecule has 120 valence electrons. The van der Waals surface area contributed by atoms with E-state index >= 15 is 0 Å². The van der Waals surface area contributed by atoms with Crippen LogP contribution in [0.4, 0.5) is 0 Å². The predicted molar refractivity (Wildman–Crippen MR) is 97.2 cm³/mol. The Morgan fingerprint density at radius 1 is 0.800 bits per heavy atom. The van der Waals surface area contributed by atoms with Crippen molar-refractivity contribution in [2.24, 2.45) is 0 Å². The van der Waals surface area contributed by atoms with Crippen molar-refractivity contribution >= 4 is 65.9 Å². The van der Waals surface area contributed by atoms with Gasteiger partial charge in [0.05, 0.1) is 0 Å². The lowest BCUT2D eigenvalue weighted by molar-refractivity contribution is 0.284. The van der Waals surface area contributed by atoms with E-state index in [4.69, 9.17) is 55.3 Å². The average Bonchev–Trinajstić information content (AvgIpc) is 2.45. The molecule has 0 spiro atoms. The lowest BCUT2D eigenvalue weighted by Crippen LogP contribution is -2.09. The normalized spacial score (nSPS) is 16.0. The minimum absolute atomic E-state index is 0.162. The number of allylic oxidation sites excluding steroid dienone is 2. The Balaban J connectivity index is 3.31. The largest absolute Gasteiger partial charge is 0.408 e. The van der Waals surface area contributed by atoms with Gasteiger partial charge in [-0.15, -0.1) is 23.2 Å². The van der Waals surface area contributed by atoms with Crippen molar-refractivity contribution in [2.45, 2.75) is 48.9 Å². The lowest BCUT2D eigenvalue weighted by Gasteiger charge is -2.09. The molecule has 0 bridgehead atoms. The number of rotatable bonds is 14. The Labute approximate surface area is 147 Å². The van der Waals surface area contributed by atoms with Crippen LogP contribution in [0.15, 0.2) is 12.2 Å². The first kappa shape index (κ1) is 21.3. The summed E-state index contributed by atoms with van der Waals surface area (Å²) in [5, 5.41) is 0. The van der Waals surface area contributed by atoms with Gasteiger partial charge >= 0.3 is 0 Å². The average molecular weight is 398 g/mol. The minimum Gasteiger partial charge on any atom is -0.408 e. The fraction of sp³-hybridized carbons (Fsp3) is 0.833. The highest BCUT2D eigenvalue weighted by atomic mass is 35.5. The first-order chi connectivity index (χ1) is 9.70. The molecule has 0 amide bonds. The van der Waals surface area contributed by atoms with E-state index in [1.807, 2.05) is 0 Å². The molecule has 0 heterocycles. The van der Waals surface area contributed by atoms with Gasteiger partial charge in [0.25, 0.3) is 0 Å². The minimum atomic E-state index is -0.553. The third-order valence-electron chi connectivity index (χ3n) is 2.46. The van der Waals surface area contributed by atoms with Gasteiger partial charge < -0.3 is 8.85 Å². The molecule has 8 heteroatoms. The molecule has 0 saturated heterocycles. The van der Waals surface area contributed by atoms with Crippen LogP contribution in [0.3, 0.4) is 0 Å². The zero-order valence-corrected chi connectivity index (χ0v) is 17.6. The van der Waals surface area contributed by atoms with Crippen LogP contribution in [-0.2, 0) is 8.85 Å². The van der Waals surface area contributed by atoms with Gasteiger partial charge in [0, 0.05) is 11.8 Å². The highest BCUT2D eigenvalue weighted by Crippen LogP contribution is 2.09. The number of halogens is 4. The molecule has 0 fully saturated rings. The van der Waals surface area contributed by atoms with E-state index in [9.17, 15) is 0 Å². The summed E-state index contributed by atoms with van der Waals surface area (Å²) in [5.74, 6) is 1.29. The molecule has 0 rings (SSSR count). The van der Waals surface area contributed by atoms with Crippen molar-refractivity contribution in [1.82, 2.24) is 0 Å². The van der Waals surface area contributed by atoms with E-state index in [2.05, 4.69) is 12.2 Å². The van der Waals surface area contributed by atoms with Gasteiger partial charge in [-0.05, 0) is 37.8 Å². The smallest absolute Gasteiger partial charge is 0.167 e. The summed E-state index contributed by atoms with van der Waals surface area (Å²) in [5.41, 5.74) is -0.323. The van der Waals surface area contributed by atoms with Crippen molar-refractivity contribution in [2.75, 3.05) is 11.8 Å². The highest BCUT2D eigenvalue weighted by molar-refractivity contribution is 6.31. The van der Waals surface area contributed by atoms with Gasteiger partial charge in [-0.1, -0.05) is 35.4 Å². The van der Waals surface area contributed by atoms with Crippen LogP contribution in [0.25, 0.3) is 0 Å². The zero-order chi connectivity index (χ0) is 15.1.